The van der Waals surface area contributed by atoms with Crippen molar-refractivity contribution >= 4 is 11.6 Å². The van der Waals surface area contributed by atoms with Crippen molar-refractivity contribution in [1.29, 1.82) is 0 Å². The van der Waals surface area contributed by atoms with Crippen molar-refractivity contribution in [3.8, 4) is 17.1 Å². The summed E-state index contributed by atoms with van der Waals surface area (Å²) in [6, 6.07) is 9.13. The second-order valence-corrected chi connectivity index (χ2v) is 7.41. The first-order chi connectivity index (χ1) is 16.0. The molecule has 0 spiro atoms. The molecule has 0 aliphatic rings. The molecule has 4 aromatic rings. The number of ether oxygens (including phenoxy) is 1. The molecule has 0 unspecified atom stereocenters. The predicted molar refractivity (Wildman–Crippen MR) is 122 cm³/mol. The summed E-state index contributed by atoms with van der Waals surface area (Å²) < 4.78 is 8.21. The van der Waals surface area contributed by atoms with E-state index in [0.717, 1.165) is 16.8 Å². The topological polar surface area (TPSA) is 117 Å². The molecule has 10 nitrogen and oxygen atoms in total. The van der Waals surface area contributed by atoms with Gasteiger partial charge in [-0.05, 0) is 11.6 Å². The number of benzene rings is 1. The van der Waals surface area contributed by atoms with Crippen LogP contribution in [0, 0.1) is 0 Å². The van der Waals surface area contributed by atoms with Crippen LogP contribution in [0.4, 0.5) is 5.69 Å². The van der Waals surface area contributed by atoms with Gasteiger partial charge in [-0.15, -0.1) is 0 Å². The Hall–Kier alpha value is -4.18. The zero-order chi connectivity index (χ0) is 23.2. The van der Waals surface area contributed by atoms with Crippen LogP contribution in [0.5, 0.6) is 0 Å². The number of aryl methyl sites for hydroxylation is 1. The van der Waals surface area contributed by atoms with Gasteiger partial charge in [-0.2, -0.15) is 10.2 Å². The number of hydrogen-bond acceptors (Lipinski definition) is 7. The number of hydrogen-bond donors (Lipinski definition) is 1. The summed E-state index contributed by atoms with van der Waals surface area (Å²) in [7, 11) is 3.37. The van der Waals surface area contributed by atoms with Crippen LogP contribution in [-0.2, 0) is 23.0 Å². The summed E-state index contributed by atoms with van der Waals surface area (Å²) in [5.41, 5.74) is 3.28. The lowest BCUT2D eigenvalue weighted by molar-refractivity contribution is -0.117. The second kappa shape index (κ2) is 9.96. The van der Waals surface area contributed by atoms with Gasteiger partial charge < -0.3 is 10.1 Å². The zero-order valence-corrected chi connectivity index (χ0v) is 18.3. The number of carbonyl (C=O) groups excluding carboxylic acids is 1. The Labute approximate surface area is 189 Å². The fourth-order valence-corrected chi connectivity index (χ4v) is 3.21. The van der Waals surface area contributed by atoms with Gasteiger partial charge in [0.25, 0.3) is 0 Å². The van der Waals surface area contributed by atoms with Crippen molar-refractivity contribution in [1.82, 2.24) is 29.5 Å². The normalized spacial score (nSPS) is 10.8. The highest BCUT2D eigenvalue weighted by Gasteiger charge is 2.09. The molecule has 1 N–H and O–H groups in total. The molecule has 0 radical (unpaired) electrons. The quantitative estimate of drug-likeness (QED) is 0.441. The van der Waals surface area contributed by atoms with Crippen LogP contribution in [0.25, 0.3) is 17.1 Å². The number of aromatic nitrogens is 6. The standard InChI is InChI=1S/C23H23N7O3/c1-29-15-19(14-26-29)30-8-6-21(31)20(28-30)11-16-4-3-5-17(10-16)23-24-12-18(13-25-23)27-22(32)7-9-33-2/h3-6,8,10,12-15H,7,9,11H2,1-2H3,(H,27,32). The van der Waals surface area contributed by atoms with Gasteiger partial charge in [0, 0.05) is 38.4 Å². The number of nitrogens with one attached hydrogen (secondary N) is 1. The lowest BCUT2D eigenvalue weighted by Crippen LogP contribution is -2.16. The molecule has 0 fully saturated rings. The molecule has 3 aromatic heterocycles. The maximum atomic E-state index is 12.4. The Balaban J connectivity index is 1.51. The Morgan fingerprint density at radius 1 is 1.15 bits per heavy atom. The lowest BCUT2D eigenvalue weighted by atomic mass is 10.1. The molecule has 10 heteroatoms. The van der Waals surface area contributed by atoms with Gasteiger partial charge in [0.1, 0.15) is 11.4 Å². The van der Waals surface area contributed by atoms with E-state index in [1.54, 1.807) is 41.3 Å². The highest BCUT2D eigenvalue weighted by molar-refractivity contribution is 5.90. The maximum Gasteiger partial charge on any atom is 0.226 e. The molecule has 33 heavy (non-hydrogen) atoms. The molecule has 0 atom stereocenters. The Morgan fingerprint density at radius 2 is 1.97 bits per heavy atom. The number of nitrogens with zero attached hydrogens (tertiary/aromatic N) is 6. The number of carbonyl (C=O) groups is 1. The van der Waals surface area contributed by atoms with Crippen LogP contribution in [0.1, 0.15) is 17.7 Å². The van der Waals surface area contributed by atoms with E-state index in [4.69, 9.17) is 4.74 Å². The van der Waals surface area contributed by atoms with Crippen LogP contribution in [-0.4, -0.2) is 49.2 Å². The highest BCUT2D eigenvalue weighted by Crippen LogP contribution is 2.18. The molecule has 0 saturated carbocycles. The van der Waals surface area contributed by atoms with Crippen LogP contribution in [0.2, 0.25) is 0 Å². The fraction of sp³-hybridized carbons (Fsp3) is 0.217. The van der Waals surface area contributed by atoms with Crippen molar-refractivity contribution < 1.29 is 9.53 Å². The summed E-state index contributed by atoms with van der Waals surface area (Å²) >= 11 is 0. The molecule has 0 aliphatic carbocycles. The first-order valence-electron chi connectivity index (χ1n) is 10.3. The number of methoxy groups -OCH3 is 1. The maximum absolute atomic E-state index is 12.4. The van der Waals surface area contributed by atoms with Gasteiger partial charge in [-0.25, -0.2) is 14.6 Å². The van der Waals surface area contributed by atoms with Gasteiger partial charge >= 0.3 is 0 Å². The van der Waals surface area contributed by atoms with Crippen molar-refractivity contribution in [2.45, 2.75) is 12.8 Å². The molecule has 0 bridgehead atoms. The molecule has 4 rings (SSSR count). The molecule has 0 saturated heterocycles. The van der Waals surface area contributed by atoms with Gasteiger partial charge in [-0.1, -0.05) is 18.2 Å². The fourth-order valence-electron chi connectivity index (χ4n) is 3.21. The third kappa shape index (κ3) is 5.55. The second-order valence-electron chi connectivity index (χ2n) is 7.41. The van der Waals surface area contributed by atoms with E-state index in [1.165, 1.54) is 6.07 Å². The van der Waals surface area contributed by atoms with Crippen LogP contribution in [0.15, 0.2) is 66.1 Å². The number of anilines is 1. The van der Waals surface area contributed by atoms with Gasteiger partial charge in [0.05, 0.1) is 43.5 Å². The Bertz CT molecular complexity index is 1310. The third-order valence-corrected chi connectivity index (χ3v) is 4.86. The Kier molecular flexibility index (Phi) is 6.65. The first kappa shape index (κ1) is 22.0. The minimum atomic E-state index is -0.164. The van der Waals surface area contributed by atoms with Crippen molar-refractivity contribution in [2.75, 3.05) is 19.0 Å². The highest BCUT2D eigenvalue weighted by atomic mass is 16.5. The molecule has 168 valence electrons. The molecular formula is C23H23N7O3. The lowest BCUT2D eigenvalue weighted by Gasteiger charge is -2.08. The minimum absolute atomic E-state index is 0.134. The van der Waals surface area contributed by atoms with E-state index < -0.39 is 0 Å². The van der Waals surface area contributed by atoms with E-state index in [0.29, 0.717) is 30.2 Å². The van der Waals surface area contributed by atoms with E-state index in [-0.39, 0.29) is 17.8 Å². The molecule has 1 aromatic carbocycles. The summed E-state index contributed by atoms with van der Waals surface area (Å²) in [6.07, 6.45) is 8.88. The number of amides is 1. The van der Waals surface area contributed by atoms with E-state index >= 15 is 0 Å². The van der Waals surface area contributed by atoms with E-state index in [1.807, 2.05) is 37.5 Å². The average Bonchev–Trinajstić information content (AvgIpc) is 3.26. The van der Waals surface area contributed by atoms with Crippen molar-refractivity contribution in [3.05, 3.63) is 82.8 Å². The van der Waals surface area contributed by atoms with E-state index in [9.17, 15) is 9.59 Å². The molecular weight excluding hydrogens is 422 g/mol. The summed E-state index contributed by atoms with van der Waals surface area (Å²) in [6.45, 7) is 0.348. The summed E-state index contributed by atoms with van der Waals surface area (Å²) in [5.74, 6) is 0.350. The summed E-state index contributed by atoms with van der Waals surface area (Å²) in [4.78, 5) is 32.9. The van der Waals surface area contributed by atoms with Gasteiger partial charge in [0.2, 0.25) is 11.3 Å². The molecule has 1 amide bonds. The van der Waals surface area contributed by atoms with Crippen LogP contribution >= 0.6 is 0 Å². The summed E-state index contributed by atoms with van der Waals surface area (Å²) in [5, 5.41) is 11.4. The van der Waals surface area contributed by atoms with Crippen molar-refractivity contribution in [2.24, 2.45) is 7.05 Å². The Morgan fingerprint density at radius 3 is 2.70 bits per heavy atom. The molecule has 3 heterocycles. The van der Waals surface area contributed by atoms with Gasteiger partial charge in [0.15, 0.2) is 5.82 Å². The first-order valence-corrected chi connectivity index (χ1v) is 10.3. The van der Waals surface area contributed by atoms with Crippen LogP contribution < -0.4 is 10.7 Å². The van der Waals surface area contributed by atoms with Gasteiger partial charge in [-0.3, -0.25) is 14.3 Å². The minimum Gasteiger partial charge on any atom is -0.384 e. The smallest absolute Gasteiger partial charge is 0.226 e. The SMILES string of the molecule is COCCC(=O)Nc1cnc(-c2cccc(Cc3nn(-c4cnn(C)c4)ccc3=O)c2)nc1. The average molecular weight is 445 g/mol. The largest absolute Gasteiger partial charge is 0.384 e. The van der Waals surface area contributed by atoms with Crippen molar-refractivity contribution in [3.63, 3.8) is 0 Å². The predicted octanol–water partition coefficient (Wildman–Crippen LogP) is 1.99. The zero-order valence-electron chi connectivity index (χ0n) is 18.3. The third-order valence-electron chi connectivity index (χ3n) is 4.86. The van der Waals surface area contributed by atoms with Crippen LogP contribution in [0.3, 0.4) is 0 Å². The monoisotopic (exact) mass is 445 g/mol. The van der Waals surface area contributed by atoms with E-state index in [2.05, 4.69) is 25.5 Å². The number of rotatable bonds is 8. The molecule has 0 aliphatic heterocycles.